The Morgan fingerprint density at radius 3 is 2.41 bits per heavy atom. The van der Waals surface area contributed by atoms with Gasteiger partial charge in [0.05, 0.1) is 18.0 Å². The molecule has 0 bridgehead atoms. The standard InChI is InChI=1S/C23H21NO4S/c1-14-4-3-5-17(12-14)28-18-10-11-19-20(13-18)29-22(21(25)23(26)24-19)15-6-8-16(27-2)9-7-15/h3-13,21-22,25H,1-2H3,(H,24,26). The quantitative estimate of drug-likeness (QED) is 0.641. The van der Waals surface area contributed by atoms with Crippen LogP contribution in [0.3, 0.4) is 0 Å². The molecule has 0 fully saturated rings. The lowest BCUT2D eigenvalue weighted by atomic mass is 10.1. The lowest BCUT2D eigenvalue weighted by molar-refractivity contribution is -0.124. The average molecular weight is 407 g/mol. The Hall–Kier alpha value is -2.96. The van der Waals surface area contributed by atoms with Gasteiger partial charge in [-0.25, -0.2) is 0 Å². The van der Waals surface area contributed by atoms with Crippen LogP contribution in [-0.2, 0) is 4.79 Å². The van der Waals surface area contributed by atoms with E-state index in [1.807, 2.05) is 67.6 Å². The van der Waals surface area contributed by atoms with Crippen molar-refractivity contribution in [3.05, 3.63) is 77.9 Å². The number of benzene rings is 3. The number of aryl methyl sites for hydroxylation is 1. The van der Waals surface area contributed by atoms with E-state index in [2.05, 4.69) is 5.32 Å². The van der Waals surface area contributed by atoms with E-state index in [1.165, 1.54) is 11.8 Å². The van der Waals surface area contributed by atoms with E-state index in [4.69, 9.17) is 9.47 Å². The highest BCUT2D eigenvalue weighted by molar-refractivity contribution is 7.99. The fourth-order valence-electron chi connectivity index (χ4n) is 3.17. The van der Waals surface area contributed by atoms with Crippen molar-refractivity contribution >= 4 is 23.4 Å². The van der Waals surface area contributed by atoms with Gasteiger partial charge in [-0.15, -0.1) is 11.8 Å². The minimum atomic E-state index is -1.18. The van der Waals surface area contributed by atoms with Crippen molar-refractivity contribution in [2.75, 3.05) is 12.4 Å². The van der Waals surface area contributed by atoms with E-state index >= 15 is 0 Å². The monoisotopic (exact) mass is 407 g/mol. The van der Waals surface area contributed by atoms with E-state index in [1.54, 1.807) is 13.2 Å². The first kappa shape index (κ1) is 19.4. The summed E-state index contributed by atoms with van der Waals surface area (Å²) in [6.07, 6.45) is -1.18. The third-order valence-electron chi connectivity index (χ3n) is 4.69. The highest BCUT2D eigenvalue weighted by Gasteiger charge is 2.33. The van der Waals surface area contributed by atoms with Crippen molar-refractivity contribution < 1.29 is 19.4 Å². The first-order chi connectivity index (χ1) is 14.0. The van der Waals surface area contributed by atoms with E-state index in [9.17, 15) is 9.90 Å². The molecule has 3 aromatic rings. The summed E-state index contributed by atoms with van der Waals surface area (Å²) >= 11 is 1.43. The molecular formula is C23H21NO4S. The molecule has 6 heteroatoms. The third-order valence-corrected chi connectivity index (χ3v) is 6.07. The predicted molar refractivity (Wildman–Crippen MR) is 114 cm³/mol. The van der Waals surface area contributed by atoms with Gasteiger partial charge in [0.1, 0.15) is 23.4 Å². The molecule has 0 saturated carbocycles. The summed E-state index contributed by atoms with van der Waals surface area (Å²) in [4.78, 5) is 13.3. The van der Waals surface area contributed by atoms with Crippen molar-refractivity contribution in [3.8, 4) is 17.2 Å². The number of amides is 1. The molecule has 2 N–H and O–H groups in total. The Labute approximate surface area is 173 Å². The van der Waals surface area contributed by atoms with Gasteiger partial charge in [0, 0.05) is 4.90 Å². The number of hydrogen-bond acceptors (Lipinski definition) is 5. The zero-order chi connectivity index (χ0) is 20.4. The van der Waals surface area contributed by atoms with Crippen LogP contribution in [0.15, 0.2) is 71.6 Å². The van der Waals surface area contributed by atoms with Crippen LogP contribution in [0, 0.1) is 6.92 Å². The molecule has 2 unspecified atom stereocenters. The molecule has 1 aliphatic heterocycles. The minimum absolute atomic E-state index is 0.426. The summed E-state index contributed by atoms with van der Waals surface area (Å²) in [5, 5.41) is 13.0. The van der Waals surface area contributed by atoms with Gasteiger partial charge >= 0.3 is 0 Å². The van der Waals surface area contributed by atoms with Crippen molar-refractivity contribution in [2.24, 2.45) is 0 Å². The molecular weight excluding hydrogens is 386 g/mol. The van der Waals surface area contributed by atoms with Gasteiger partial charge in [0.25, 0.3) is 5.91 Å². The van der Waals surface area contributed by atoms with Crippen molar-refractivity contribution in [1.82, 2.24) is 0 Å². The molecule has 5 nitrogen and oxygen atoms in total. The maximum Gasteiger partial charge on any atom is 0.254 e. The highest BCUT2D eigenvalue weighted by Crippen LogP contribution is 2.45. The number of thioether (sulfide) groups is 1. The Kier molecular flexibility index (Phi) is 5.47. The highest BCUT2D eigenvalue weighted by atomic mass is 32.2. The van der Waals surface area contributed by atoms with Gasteiger partial charge in [0.2, 0.25) is 0 Å². The number of carbonyl (C=O) groups excluding carboxylic acids is 1. The van der Waals surface area contributed by atoms with Crippen LogP contribution in [0.25, 0.3) is 0 Å². The molecule has 0 saturated heterocycles. The van der Waals surface area contributed by atoms with Gasteiger partial charge in [-0.2, -0.15) is 0 Å². The van der Waals surface area contributed by atoms with Gasteiger partial charge in [0.15, 0.2) is 0 Å². The number of ether oxygens (including phenoxy) is 2. The molecule has 29 heavy (non-hydrogen) atoms. The summed E-state index contributed by atoms with van der Waals surface area (Å²) in [7, 11) is 1.60. The number of methoxy groups -OCH3 is 1. The van der Waals surface area contributed by atoms with Crippen molar-refractivity contribution in [3.63, 3.8) is 0 Å². The van der Waals surface area contributed by atoms with Crippen LogP contribution < -0.4 is 14.8 Å². The maximum atomic E-state index is 12.5. The Bertz CT molecular complexity index is 1040. The molecule has 3 aromatic carbocycles. The average Bonchev–Trinajstić information content (AvgIpc) is 2.84. The first-order valence-corrected chi connectivity index (χ1v) is 10.1. The number of rotatable bonds is 4. The van der Waals surface area contributed by atoms with Gasteiger partial charge < -0.3 is 19.9 Å². The zero-order valence-electron chi connectivity index (χ0n) is 16.1. The summed E-state index contributed by atoms with van der Waals surface area (Å²) in [6, 6.07) is 20.7. The number of carbonyl (C=O) groups is 1. The van der Waals surface area contributed by atoms with Crippen LogP contribution in [0.4, 0.5) is 5.69 Å². The fraction of sp³-hybridized carbons (Fsp3) is 0.174. The molecule has 1 heterocycles. The predicted octanol–water partition coefficient (Wildman–Crippen LogP) is 4.94. The zero-order valence-corrected chi connectivity index (χ0v) is 16.9. The van der Waals surface area contributed by atoms with E-state index in [0.29, 0.717) is 11.4 Å². The van der Waals surface area contributed by atoms with Crippen molar-refractivity contribution in [1.29, 1.82) is 0 Å². The number of anilines is 1. The van der Waals surface area contributed by atoms with Crippen LogP contribution in [0.1, 0.15) is 16.4 Å². The second-order valence-electron chi connectivity index (χ2n) is 6.82. The van der Waals surface area contributed by atoms with Crippen LogP contribution >= 0.6 is 11.8 Å². The summed E-state index contributed by atoms with van der Waals surface area (Å²) in [6.45, 7) is 2.01. The third kappa shape index (κ3) is 4.23. The van der Waals surface area contributed by atoms with Crippen molar-refractivity contribution in [2.45, 2.75) is 23.2 Å². The molecule has 0 radical (unpaired) electrons. The number of hydrogen-bond donors (Lipinski definition) is 2. The fourth-order valence-corrected chi connectivity index (χ4v) is 4.42. The van der Waals surface area contributed by atoms with Crippen LogP contribution in [-0.4, -0.2) is 24.2 Å². The molecule has 2 atom stereocenters. The Morgan fingerprint density at radius 2 is 1.69 bits per heavy atom. The second-order valence-corrected chi connectivity index (χ2v) is 8.01. The molecule has 1 aliphatic rings. The smallest absolute Gasteiger partial charge is 0.254 e. The number of aliphatic hydroxyl groups is 1. The lowest BCUT2D eigenvalue weighted by Gasteiger charge is -2.19. The van der Waals surface area contributed by atoms with Gasteiger partial charge in [-0.1, -0.05) is 24.3 Å². The van der Waals surface area contributed by atoms with Crippen LogP contribution in [0.2, 0.25) is 0 Å². The first-order valence-electron chi connectivity index (χ1n) is 9.21. The molecule has 148 valence electrons. The van der Waals surface area contributed by atoms with Crippen LogP contribution in [0.5, 0.6) is 17.2 Å². The maximum absolute atomic E-state index is 12.5. The minimum Gasteiger partial charge on any atom is -0.497 e. The molecule has 0 aliphatic carbocycles. The largest absolute Gasteiger partial charge is 0.497 e. The summed E-state index contributed by atoms with van der Waals surface area (Å²) in [5.74, 6) is 1.71. The molecule has 1 amide bonds. The second kappa shape index (κ2) is 8.19. The number of fused-ring (bicyclic) bond motifs is 1. The number of aliphatic hydroxyl groups excluding tert-OH is 1. The number of nitrogens with one attached hydrogen (secondary N) is 1. The molecule has 0 aromatic heterocycles. The van der Waals surface area contributed by atoms with E-state index in [0.717, 1.165) is 27.5 Å². The molecule has 0 spiro atoms. The Balaban J connectivity index is 1.65. The van der Waals surface area contributed by atoms with Gasteiger partial charge in [-0.3, -0.25) is 4.79 Å². The summed E-state index contributed by atoms with van der Waals surface area (Å²) in [5.41, 5.74) is 2.62. The normalized spacial score (nSPS) is 18.4. The SMILES string of the molecule is COc1ccc(C2Sc3cc(Oc4cccc(C)c4)ccc3NC(=O)C2O)cc1. The topological polar surface area (TPSA) is 67.8 Å². The molecule has 4 rings (SSSR count). The Morgan fingerprint density at radius 1 is 0.966 bits per heavy atom. The van der Waals surface area contributed by atoms with E-state index < -0.39 is 17.3 Å². The van der Waals surface area contributed by atoms with E-state index in [-0.39, 0.29) is 0 Å². The lowest BCUT2D eigenvalue weighted by Crippen LogP contribution is -2.30. The summed E-state index contributed by atoms with van der Waals surface area (Å²) < 4.78 is 11.2. The van der Waals surface area contributed by atoms with Gasteiger partial charge in [-0.05, 0) is 60.5 Å².